The number of benzene rings is 1. The molecular weight excluding hydrogens is 360 g/mol. The first-order valence-electron chi connectivity index (χ1n) is 9.41. The minimum Gasteiger partial charge on any atom is -0.497 e. The maximum absolute atomic E-state index is 12.7. The van der Waals surface area contributed by atoms with Crippen LogP contribution in [0.2, 0.25) is 0 Å². The van der Waals surface area contributed by atoms with E-state index < -0.39 is 0 Å². The minimum absolute atomic E-state index is 0.114. The molecular formula is C20H26N4O4. The highest BCUT2D eigenvalue weighted by atomic mass is 16.5. The second-order valence-corrected chi connectivity index (χ2v) is 7.17. The molecule has 1 aromatic heterocycles. The van der Waals surface area contributed by atoms with Crippen LogP contribution in [-0.2, 0) is 9.59 Å². The number of amides is 2. The van der Waals surface area contributed by atoms with Gasteiger partial charge in [0.05, 0.1) is 25.4 Å². The van der Waals surface area contributed by atoms with Crippen molar-refractivity contribution in [2.24, 2.45) is 0 Å². The van der Waals surface area contributed by atoms with Gasteiger partial charge in [-0.1, -0.05) is 19.0 Å². The highest BCUT2D eigenvalue weighted by Crippen LogP contribution is 2.21. The molecule has 1 saturated heterocycles. The topological polar surface area (TPSA) is 96.7 Å². The van der Waals surface area contributed by atoms with Crippen molar-refractivity contribution in [3.8, 4) is 5.75 Å². The number of nitrogens with zero attached hydrogens (tertiary/aromatic N) is 2. The number of nitrogens with one attached hydrogen (secondary N) is 2. The number of hydrogen-bond acceptors (Lipinski definition) is 6. The molecule has 1 aromatic carbocycles. The Morgan fingerprint density at radius 2 is 2.04 bits per heavy atom. The van der Waals surface area contributed by atoms with Crippen LogP contribution in [0, 0.1) is 0 Å². The number of ether oxygens (including phenoxy) is 1. The molecule has 1 aliphatic rings. The van der Waals surface area contributed by atoms with Crippen LogP contribution in [0.4, 0.5) is 11.6 Å². The summed E-state index contributed by atoms with van der Waals surface area (Å²) in [5.41, 5.74) is 1.48. The monoisotopic (exact) mass is 386 g/mol. The van der Waals surface area contributed by atoms with Gasteiger partial charge in [-0.2, -0.15) is 0 Å². The van der Waals surface area contributed by atoms with Crippen molar-refractivity contribution in [1.82, 2.24) is 10.1 Å². The molecule has 1 aliphatic heterocycles. The lowest BCUT2D eigenvalue weighted by Crippen LogP contribution is -2.43. The molecule has 2 N–H and O–H groups in total. The van der Waals surface area contributed by atoms with Gasteiger partial charge in [-0.25, -0.2) is 0 Å². The number of methoxy groups -OCH3 is 1. The zero-order valence-electron chi connectivity index (χ0n) is 16.4. The van der Waals surface area contributed by atoms with E-state index in [2.05, 4.69) is 15.8 Å². The lowest BCUT2D eigenvalue weighted by molar-refractivity contribution is -0.122. The van der Waals surface area contributed by atoms with E-state index in [9.17, 15) is 9.59 Å². The highest BCUT2D eigenvalue weighted by molar-refractivity contribution is 5.96. The minimum atomic E-state index is -0.339. The SMILES string of the molecule is COc1ccc(NC(=O)C2CCCN2CC(=O)Nc2cc(C(C)C)no2)cc1. The predicted octanol–water partition coefficient (Wildman–Crippen LogP) is 2.85. The molecule has 3 rings (SSSR count). The zero-order valence-corrected chi connectivity index (χ0v) is 16.4. The van der Waals surface area contributed by atoms with Crippen LogP contribution < -0.4 is 15.4 Å². The normalized spacial score (nSPS) is 16.9. The van der Waals surface area contributed by atoms with Crippen LogP contribution in [0.25, 0.3) is 0 Å². The van der Waals surface area contributed by atoms with E-state index in [0.29, 0.717) is 18.1 Å². The van der Waals surface area contributed by atoms with Crippen molar-refractivity contribution in [3.63, 3.8) is 0 Å². The Bertz CT molecular complexity index is 816. The molecule has 2 amide bonds. The molecule has 2 heterocycles. The number of anilines is 2. The van der Waals surface area contributed by atoms with Crippen molar-refractivity contribution >= 4 is 23.4 Å². The smallest absolute Gasteiger partial charge is 0.241 e. The Labute approximate surface area is 164 Å². The molecule has 0 spiro atoms. The Kier molecular flexibility index (Phi) is 6.30. The molecule has 1 unspecified atom stereocenters. The van der Waals surface area contributed by atoms with Crippen LogP contribution >= 0.6 is 0 Å². The third-order valence-electron chi connectivity index (χ3n) is 4.75. The first-order valence-corrected chi connectivity index (χ1v) is 9.41. The standard InChI is InChI=1S/C20H26N4O4/c1-13(2)16-11-19(28-23-16)22-18(25)12-24-10-4-5-17(24)20(26)21-14-6-8-15(27-3)9-7-14/h6-9,11,13,17H,4-5,10,12H2,1-3H3,(H,21,26)(H,22,25). The van der Waals surface area contributed by atoms with Gasteiger partial charge in [0, 0.05) is 11.8 Å². The van der Waals surface area contributed by atoms with Gasteiger partial charge in [0.2, 0.25) is 17.7 Å². The molecule has 0 aliphatic carbocycles. The van der Waals surface area contributed by atoms with Gasteiger partial charge in [-0.05, 0) is 49.6 Å². The number of rotatable bonds is 7. The van der Waals surface area contributed by atoms with Gasteiger partial charge < -0.3 is 14.6 Å². The first kappa shape index (κ1) is 19.9. The summed E-state index contributed by atoms with van der Waals surface area (Å²) < 4.78 is 10.3. The Morgan fingerprint density at radius 1 is 1.29 bits per heavy atom. The molecule has 0 saturated carbocycles. The van der Waals surface area contributed by atoms with E-state index in [0.717, 1.165) is 24.3 Å². The fourth-order valence-electron chi connectivity index (χ4n) is 3.19. The van der Waals surface area contributed by atoms with E-state index in [-0.39, 0.29) is 30.3 Å². The van der Waals surface area contributed by atoms with E-state index in [1.165, 1.54) is 0 Å². The van der Waals surface area contributed by atoms with E-state index in [1.807, 2.05) is 18.7 Å². The average Bonchev–Trinajstić information content (AvgIpc) is 3.32. The van der Waals surface area contributed by atoms with Gasteiger partial charge in [-0.15, -0.1) is 0 Å². The molecule has 2 aromatic rings. The largest absolute Gasteiger partial charge is 0.497 e. The summed E-state index contributed by atoms with van der Waals surface area (Å²) in [5.74, 6) is 0.934. The fourth-order valence-corrected chi connectivity index (χ4v) is 3.19. The van der Waals surface area contributed by atoms with Gasteiger partial charge in [-0.3, -0.25) is 19.8 Å². The van der Waals surface area contributed by atoms with Crippen molar-refractivity contribution in [3.05, 3.63) is 36.0 Å². The summed E-state index contributed by atoms with van der Waals surface area (Å²) in [6.07, 6.45) is 1.59. The van der Waals surface area contributed by atoms with Gasteiger partial charge in [0.15, 0.2) is 0 Å². The number of carbonyl (C=O) groups excluding carboxylic acids is 2. The van der Waals surface area contributed by atoms with Crippen LogP contribution in [0.5, 0.6) is 5.75 Å². The third-order valence-corrected chi connectivity index (χ3v) is 4.75. The second kappa shape index (κ2) is 8.88. The van der Waals surface area contributed by atoms with Crippen LogP contribution in [0.3, 0.4) is 0 Å². The molecule has 0 radical (unpaired) electrons. The molecule has 1 atom stereocenters. The summed E-state index contributed by atoms with van der Waals surface area (Å²) in [6, 6.07) is 8.54. The summed E-state index contributed by atoms with van der Waals surface area (Å²) in [6.45, 7) is 4.82. The van der Waals surface area contributed by atoms with E-state index >= 15 is 0 Å². The van der Waals surface area contributed by atoms with Gasteiger partial charge in [0.1, 0.15) is 5.75 Å². The summed E-state index contributed by atoms with van der Waals surface area (Å²) >= 11 is 0. The van der Waals surface area contributed by atoms with E-state index in [4.69, 9.17) is 9.26 Å². The lowest BCUT2D eigenvalue weighted by Gasteiger charge is -2.22. The lowest BCUT2D eigenvalue weighted by atomic mass is 10.1. The molecule has 28 heavy (non-hydrogen) atoms. The predicted molar refractivity (Wildman–Crippen MR) is 105 cm³/mol. The number of hydrogen-bond donors (Lipinski definition) is 2. The average molecular weight is 386 g/mol. The van der Waals surface area contributed by atoms with Gasteiger partial charge in [0.25, 0.3) is 0 Å². The third kappa shape index (κ3) is 4.89. The van der Waals surface area contributed by atoms with E-state index in [1.54, 1.807) is 37.4 Å². The summed E-state index contributed by atoms with van der Waals surface area (Å²) in [5, 5.41) is 9.54. The van der Waals surface area contributed by atoms with Crippen molar-refractivity contribution in [1.29, 1.82) is 0 Å². The van der Waals surface area contributed by atoms with Crippen molar-refractivity contribution in [2.45, 2.75) is 38.6 Å². The summed E-state index contributed by atoms with van der Waals surface area (Å²) in [7, 11) is 1.59. The number of carbonyl (C=O) groups is 2. The van der Waals surface area contributed by atoms with Crippen LogP contribution in [0.15, 0.2) is 34.9 Å². The zero-order chi connectivity index (χ0) is 20.1. The molecule has 8 heteroatoms. The fraction of sp³-hybridized carbons (Fsp3) is 0.450. The first-order chi connectivity index (χ1) is 13.5. The van der Waals surface area contributed by atoms with Gasteiger partial charge >= 0.3 is 0 Å². The summed E-state index contributed by atoms with van der Waals surface area (Å²) in [4.78, 5) is 26.9. The van der Waals surface area contributed by atoms with Crippen LogP contribution in [0.1, 0.15) is 38.3 Å². The second-order valence-electron chi connectivity index (χ2n) is 7.17. The number of aromatic nitrogens is 1. The molecule has 1 fully saturated rings. The van der Waals surface area contributed by atoms with Crippen LogP contribution in [-0.4, -0.2) is 48.1 Å². The molecule has 0 bridgehead atoms. The maximum Gasteiger partial charge on any atom is 0.241 e. The molecule has 8 nitrogen and oxygen atoms in total. The molecule has 150 valence electrons. The van der Waals surface area contributed by atoms with Crippen molar-refractivity contribution < 1.29 is 18.8 Å². The Morgan fingerprint density at radius 3 is 2.68 bits per heavy atom. The Hall–Kier alpha value is -2.87. The Balaban J connectivity index is 1.55. The number of likely N-dealkylation sites (tertiary alicyclic amines) is 1. The van der Waals surface area contributed by atoms with Crippen molar-refractivity contribution in [2.75, 3.05) is 30.8 Å². The maximum atomic E-state index is 12.7. The highest BCUT2D eigenvalue weighted by Gasteiger charge is 2.32. The quantitative estimate of drug-likeness (QED) is 0.760.